The first-order chi connectivity index (χ1) is 6.61. The highest BCUT2D eigenvalue weighted by Crippen LogP contribution is 2.44. The maximum absolute atomic E-state index is 11.3. The molecule has 74 valence electrons. The number of benzene rings is 1. The molecule has 1 aromatic rings. The zero-order chi connectivity index (χ0) is 10.3. The van der Waals surface area contributed by atoms with Crippen molar-refractivity contribution >= 4 is 21.7 Å². The van der Waals surface area contributed by atoms with E-state index in [1.807, 2.05) is 0 Å². The molecule has 0 aliphatic carbocycles. The molecule has 0 fully saturated rings. The fourth-order valence-electron chi connectivity index (χ4n) is 1.33. The lowest BCUT2D eigenvalue weighted by atomic mass is 10.1. The highest BCUT2D eigenvalue weighted by atomic mass is 79.9. The normalized spacial score (nSPS) is 13.0. The molecule has 1 aliphatic rings. The summed E-state index contributed by atoms with van der Waals surface area (Å²) < 4.78 is 10.6. The number of ether oxygens (including phenoxy) is 2. The minimum Gasteiger partial charge on any atom is -0.506 e. The largest absolute Gasteiger partial charge is 0.506 e. The van der Waals surface area contributed by atoms with Gasteiger partial charge in [-0.3, -0.25) is 4.79 Å². The van der Waals surface area contributed by atoms with Crippen LogP contribution in [0.2, 0.25) is 0 Å². The van der Waals surface area contributed by atoms with Crippen molar-refractivity contribution in [3.05, 3.63) is 16.1 Å². The molecule has 4 nitrogen and oxygen atoms in total. The van der Waals surface area contributed by atoms with E-state index in [0.29, 0.717) is 16.0 Å². The number of hydrogen-bond donors (Lipinski definition) is 1. The molecule has 1 aromatic carbocycles. The van der Waals surface area contributed by atoms with E-state index in [1.54, 1.807) is 6.07 Å². The molecule has 0 spiro atoms. The van der Waals surface area contributed by atoms with Crippen LogP contribution < -0.4 is 9.47 Å². The Balaban J connectivity index is 2.72. The average molecular weight is 259 g/mol. The lowest BCUT2D eigenvalue weighted by molar-refractivity contribution is 0.101. The summed E-state index contributed by atoms with van der Waals surface area (Å²) in [5.74, 6) is 0.422. The first kappa shape index (κ1) is 9.33. The summed E-state index contributed by atoms with van der Waals surface area (Å²) in [7, 11) is 0. The van der Waals surface area contributed by atoms with Gasteiger partial charge in [0.25, 0.3) is 0 Å². The van der Waals surface area contributed by atoms with Crippen LogP contribution in [0.25, 0.3) is 0 Å². The van der Waals surface area contributed by atoms with Gasteiger partial charge in [-0.25, -0.2) is 0 Å². The van der Waals surface area contributed by atoms with Crippen LogP contribution >= 0.6 is 15.9 Å². The van der Waals surface area contributed by atoms with E-state index in [4.69, 9.17) is 9.47 Å². The molecule has 5 heteroatoms. The molecule has 0 amide bonds. The van der Waals surface area contributed by atoms with E-state index in [2.05, 4.69) is 15.9 Å². The number of ketones is 1. The van der Waals surface area contributed by atoms with E-state index in [0.717, 1.165) is 0 Å². The number of halogens is 1. The van der Waals surface area contributed by atoms with Crippen LogP contribution in [-0.4, -0.2) is 17.7 Å². The molecule has 0 atom stereocenters. The molecular weight excluding hydrogens is 252 g/mol. The molecule has 1 aliphatic heterocycles. The molecule has 0 saturated heterocycles. The second kappa shape index (κ2) is 3.16. The summed E-state index contributed by atoms with van der Waals surface area (Å²) >= 11 is 3.13. The number of fused-ring (bicyclic) bond motifs is 1. The van der Waals surface area contributed by atoms with Crippen LogP contribution in [0.15, 0.2) is 10.5 Å². The van der Waals surface area contributed by atoms with E-state index in [-0.39, 0.29) is 23.9 Å². The zero-order valence-electron chi connectivity index (χ0n) is 7.33. The van der Waals surface area contributed by atoms with E-state index >= 15 is 0 Å². The van der Waals surface area contributed by atoms with Crippen molar-refractivity contribution in [2.75, 3.05) is 6.79 Å². The van der Waals surface area contributed by atoms with Gasteiger partial charge in [0, 0.05) is 6.07 Å². The third-order valence-corrected chi connectivity index (χ3v) is 2.55. The second-order valence-electron chi connectivity index (χ2n) is 2.87. The predicted molar refractivity (Wildman–Crippen MR) is 51.9 cm³/mol. The molecule has 1 N–H and O–H groups in total. The average Bonchev–Trinajstić information content (AvgIpc) is 2.52. The Hall–Kier alpha value is -1.23. The number of Topliss-reactive ketones (excluding diaryl/α,β-unsaturated/α-hetero) is 1. The predicted octanol–water partition coefficient (Wildman–Crippen LogP) is 2.09. The number of carbonyl (C=O) groups is 1. The van der Waals surface area contributed by atoms with Crippen molar-refractivity contribution in [3.63, 3.8) is 0 Å². The lowest BCUT2D eigenvalue weighted by Crippen LogP contribution is -1.98. The number of carbonyl (C=O) groups excluding carboxylic acids is 1. The maximum atomic E-state index is 11.3. The molecular formula is C9H7BrO4. The summed E-state index contributed by atoms with van der Waals surface area (Å²) in [6.45, 7) is 1.44. The minimum atomic E-state index is -0.259. The van der Waals surface area contributed by atoms with Crippen molar-refractivity contribution in [1.29, 1.82) is 0 Å². The van der Waals surface area contributed by atoms with E-state index < -0.39 is 0 Å². The summed E-state index contributed by atoms with van der Waals surface area (Å²) in [6.07, 6.45) is 0. The Morgan fingerprint density at radius 1 is 1.57 bits per heavy atom. The molecule has 1 heterocycles. The van der Waals surface area contributed by atoms with Gasteiger partial charge in [-0.15, -0.1) is 0 Å². The zero-order valence-corrected chi connectivity index (χ0v) is 8.92. The molecule has 0 radical (unpaired) electrons. The van der Waals surface area contributed by atoms with Gasteiger partial charge in [-0.05, 0) is 22.9 Å². The highest BCUT2D eigenvalue weighted by molar-refractivity contribution is 9.10. The Kier molecular flexibility index (Phi) is 2.11. The first-order valence-corrected chi connectivity index (χ1v) is 4.72. The van der Waals surface area contributed by atoms with Gasteiger partial charge in [0.1, 0.15) is 11.3 Å². The van der Waals surface area contributed by atoms with Crippen LogP contribution in [0.5, 0.6) is 17.2 Å². The van der Waals surface area contributed by atoms with Gasteiger partial charge in [0.2, 0.25) is 6.79 Å². The Morgan fingerprint density at radius 2 is 2.29 bits per heavy atom. The van der Waals surface area contributed by atoms with Crippen molar-refractivity contribution in [2.24, 2.45) is 0 Å². The molecule has 0 aromatic heterocycles. The van der Waals surface area contributed by atoms with Crippen molar-refractivity contribution in [3.8, 4) is 17.2 Å². The number of rotatable bonds is 1. The molecule has 0 saturated carbocycles. The lowest BCUT2D eigenvalue weighted by Gasteiger charge is -2.06. The fraction of sp³-hybridized carbons (Fsp3) is 0.222. The number of aromatic hydroxyl groups is 1. The summed E-state index contributed by atoms with van der Waals surface area (Å²) in [6, 6.07) is 1.57. The summed E-state index contributed by atoms with van der Waals surface area (Å²) in [5, 5.41) is 9.63. The van der Waals surface area contributed by atoms with Crippen molar-refractivity contribution in [1.82, 2.24) is 0 Å². The quantitative estimate of drug-likeness (QED) is 0.784. The van der Waals surface area contributed by atoms with Crippen LogP contribution in [0.4, 0.5) is 0 Å². The SMILES string of the molecule is CC(=O)c1c(O)c(Br)cc2c1OCO2. The number of phenols is 1. The van der Waals surface area contributed by atoms with Crippen molar-refractivity contribution < 1.29 is 19.4 Å². The Bertz CT molecular complexity index is 414. The van der Waals surface area contributed by atoms with Gasteiger partial charge in [0.05, 0.1) is 4.47 Å². The van der Waals surface area contributed by atoms with E-state index in [1.165, 1.54) is 6.92 Å². The smallest absolute Gasteiger partial charge is 0.231 e. The summed E-state index contributed by atoms with van der Waals surface area (Å²) in [5.41, 5.74) is 0.159. The van der Waals surface area contributed by atoms with Crippen LogP contribution in [-0.2, 0) is 0 Å². The Labute approximate surface area is 88.6 Å². The Morgan fingerprint density at radius 3 is 2.93 bits per heavy atom. The third-order valence-electron chi connectivity index (χ3n) is 1.94. The van der Waals surface area contributed by atoms with Gasteiger partial charge >= 0.3 is 0 Å². The third kappa shape index (κ3) is 1.24. The maximum Gasteiger partial charge on any atom is 0.231 e. The summed E-state index contributed by atoms with van der Waals surface area (Å²) in [4.78, 5) is 11.3. The van der Waals surface area contributed by atoms with E-state index in [9.17, 15) is 9.90 Å². The fourth-order valence-corrected chi connectivity index (χ4v) is 1.73. The molecule has 2 rings (SSSR count). The molecule has 0 bridgehead atoms. The van der Waals surface area contributed by atoms with Crippen LogP contribution in [0.3, 0.4) is 0 Å². The number of hydrogen-bond acceptors (Lipinski definition) is 4. The van der Waals surface area contributed by atoms with Crippen LogP contribution in [0, 0.1) is 0 Å². The molecule has 0 unspecified atom stereocenters. The minimum absolute atomic E-state index is 0.0749. The van der Waals surface area contributed by atoms with Crippen molar-refractivity contribution in [2.45, 2.75) is 6.92 Å². The van der Waals surface area contributed by atoms with Gasteiger partial charge in [0.15, 0.2) is 17.3 Å². The standard InChI is InChI=1S/C9H7BrO4/c1-4(11)7-8(12)5(10)2-6-9(7)14-3-13-6/h2,12H,3H2,1H3. The monoisotopic (exact) mass is 258 g/mol. The van der Waals surface area contributed by atoms with Gasteiger partial charge in [-0.1, -0.05) is 0 Å². The number of phenolic OH excluding ortho intramolecular Hbond substituents is 1. The first-order valence-electron chi connectivity index (χ1n) is 3.93. The van der Waals surface area contributed by atoms with Gasteiger partial charge in [-0.2, -0.15) is 0 Å². The highest BCUT2D eigenvalue weighted by Gasteiger charge is 2.25. The molecule has 14 heavy (non-hydrogen) atoms. The second-order valence-corrected chi connectivity index (χ2v) is 3.73. The van der Waals surface area contributed by atoms with Crippen LogP contribution in [0.1, 0.15) is 17.3 Å². The van der Waals surface area contributed by atoms with Gasteiger partial charge < -0.3 is 14.6 Å². The topological polar surface area (TPSA) is 55.8 Å².